The standard InChI is InChI=1S/C124H138N8.2Ni/c1-113(2,3)73-45-67(46-74(57-73)114(4,5)6)101-89-37-41-93(125-89)103(69-49-77(117(13,14)15)59-78(50-69)118(16,17)18)97-63-85-87-65-99-105(71-53-81(121(25,26)27)61-82(54-71)122(28,29)30)95-43-39-91(127-95)102(68-47-75(115(7,8)9)58-76(48-68)116(10,11)12)92-40-44-96(128-92)106(72-55-83(123(31,32)33)62-84(56-72)124(34,35)36)100-66-88-86-64-98(130-110(86)107(109(85)129-97)108(111(87)131-99)112(88)132-100)104(94-42-38-90(101)126-94)70-51-79(119(19,20)21)60-80(52-70)120(22,23)24;;/h37-66H,1-36H3;;/q-4;2*+2. The Morgan fingerprint density at radius 2 is 0.358 bits per heavy atom. The van der Waals surface area contributed by atoms with Crippen molar-refractivity contribution >= 4 is 123 Å². The van der Waals surface area contributed by atoms with E-state index in [0.29, 0.717) is 0 Å². The van der Waals surface area contributed by atoms with Gasteiger partial charge in [-0.05, 0) is 256 Å². The maximum atomic E-state index is 6.41. The number of benzene rings is 8. The molecule has 8 aromatic heterocycles. The first-order chi connectivity index (χ1) is 60.9. The van der Waals surface area contributed by atoms with Crippen LogP contribution in [0, 0.1) is 0 Å². The number of fused-ring (bicyclic) bond motifs is 14. The SMILES string of the molecule is CC(C)(C)c1cc(-c2c3nc(c(-c4cc(C(C)(C)C)cc(C(C)(C)C)c4)c4cc5c6cc7nc6c6c8[n-]c(cc8c8cc(nc8c6c5[n-]4)c(-c4cc(C(C)(C)C)cc(C(C)(C)C)c4)c4ccc2[n-]4)c(-c2cc(C(C)(C)C)cc(C(C)(C)C)c2)c2nc(c(-c4cc(C(C)(C)C)cc(C(C)(C)C)c4)c4ccc([n-]4)c7-c4cc(C(C)(C)C)cc(C(C)(C)C)c4)C=C2)C=C3)cc(C(C)(C)C)c1.[Ni+2].[Ni+2]. The summed E-state index contributed by atoms with van der Waals surface area (Å²) in [6.07, 6.45) is 9.02. The van der Waals surface area contributed by atoms with Gasteiger partial charge < -0.3 is 19.9 Å². The number of hydrogen-bond donors (Lipinski definition) is 0. The van der Waals surface area contributed by atoms with Crippen LogP contribution >= 0.6 is 0 Å². The molecule has 2 aliphatic rings. The number of nitrogens with zero attached hydrogens (tertiary/aromatic N) is 8. The minimum absolute atomic E-state index is 0. The maximum Gasteiger partial charge on any atom is 2.00 e. The zero-order chi connectivity index (χ0) is 95.4. The van der Waals surface area contributed by atoms with Crippen molar-refractivity contribution in [3.63, 3.8) is 0 Å². The van der Waals surface area contributed by atoms with E-state index in [2.05, 4.69) is 431 Å². The Hall–Kier alpha value is -10.5. The Kier molecular flexibility index (Phi) is 23.1. The van der Waals surface area contributed by atoms with Gasteiger partial charge in [0.15, 0.2) is 0 Å². The van der Waals surface area contributed by atoms with Crippen molar-refractivity contribution in [3.05, 3.63) is 247 Å². The normalized spacial score (nSPS) is 13.8. The van der Waals surface area contributed by atoms with Gasteiger partial charge in [0.2, 0.25) is 0 Å². The Morgan fingerprint density at radius 3 is 0.552 bits per heavy atom. The van der Waals surface area contributed by atoms with E-state index in [1.54, 1.807) is 0 Å². The summed E-state index contributed by atoms with van der Waals surface area (Å²) in [7, 11) is 0. The monoisotopic (exact) mass is 1850 g/mol. The third-order valence-corrected chi connectivity index (χ3v) is 28.2. The van der Waals surface area contributed by atoms with E-state index >= 15 is 0 Å². The molecule has 18 rings (SSSR count). The molecule has 0 radical (unpaired) electrons. The Bertz CT molecular complexity index is 7120. The molecule has 0 saturated heterocycles. The van der Waals surface area contributed by atoms with Gasteiger partial charge in [-0.2, -0.15) is 0 Å². The van der Waals surface area contributed by atoms with E-state index in [9.17, 15) is 0 Å². The van der Waals surface area contributed by atoms with Crippen molar-refractivity contribution in [1.29, 1.82) is 0 Å². The Balaban J connectivity index is 0.00000653. The molecule has 134 heavy (non-hydrogen) atoms. The zero-order valence-electron chi connectivity index (χ0n) is 86.5. The molecule has 0 N–H and O–H groups in total. The number of aromatic nitrogens is 8. The van der Waals surface area contributed by atoms with Crippen LogP contribution in [-0.4, -0.2) is 19.9 Å². The first-order valence-corrected chi connectivity index (χ1v) is 48.2. The van der Waals surface area contributed by atoms with Crippen LogP contribution in [0.1, 0.15) is 339 Å². The van der Waals surface area contributed by atoms with Gasteiger partial charge in [-0.1, -0.05) is 395 Å². The van der Waals surface area contributed by atoms with E-state index in [0.717, 1.165) is 188 Å². The van der Waals surface area contributed by atoms with Gasteiger partial charge in [-0.25, -0.2) is 19.9 Å². The summed E-state index contributed by atoms with van der Waals surface area (Å²) in [4.78, 5) is 50.2. The summed E-state index contributed by atoms with van der Waals surface area (Å²) in [5.41, 5.74) is 36.8. The van der Waals surface area contributed by atoms with Crippen molar-refractivity contribution in [3.8, 4) is 66.8 Å². The third-order valence-electron chi connectivity index (χ3n) is 28.2. The number of hydrogen-bond acceptors (Lipinski definition) is 4. The first-order valence-electron chi connectivity index (χ1n) is 48.2. The van der Waals surface area contributed by atoms with E-state index in [1.165, 1.54) is 66.8 Å². The molecule has 0 aliphatic carbocycles. The summed E-state index contributed by atoms with van der Waals surface area (Å²) < 4.78 is 0. The van der Waals surface area contributed by atoms with Gasteiger partial charge in [0.1, 0.15) is 0 Å². The van der Waals surface area contributed by atoms with Crippen LogP contribution in [0.5, 0.6) is 0 Å². The molecule has 16 aromatic rings. The zero-order valence-corrected chi connectivity index (χ0v) is 88.5. The molecule has 694 valence electrons. The second-order valence-corrected chi connectivity index (χ2v) is 51.3. The Morgan fingerprint density at radius 1 is 0.179 bits per heavy atom. The maximum absolute atomic E-state index is 6.41. The second kappa shape index (κ2) is 32.1. The largest absolute Gasteiger partial charge is 2.00 e. The molecule has 0 spiro atoms. The summed E-state index contributed by atoms with van der Waals surface area (Å²) >= 11 is 0. The molecule has 10 heteroatoms. The molecule has 0 saturated carbocycles. The minimum atomic E-state index is -0.240. The molecule has 2 aliphatic heterocycles. The minimum Gasteiger partial charge on any atom is -0.657 e. The van der Waals surface area contributed by atoms with E-state index in [4.69, 9.17) is 39.9 Å². The molecule has 16 bridgehead atoms. The van der Waals surface area contributed by atoms with Crippen LogP contribution in [0.2, 0.25) is 0 Å². The van der Waals surface area contributed by atoms with E-state index in [-0.39, 0.29) is 98.0 Å². The van der Waals surface area contributed by atoms with Crippen molar-refractivity contribution in [2.45, 2.75) is 314 Å². The van der Waals surface area contributed by atoms with Crippen molar-refractivity contribution in [2.24, 2.45) is 0 Å². The van der Waals surface area contributed by atoms with Crippen molar-refractivity contribution < 1.29 is 33.0 Å². The predicted molar refractivity (Wildman–Crippen MR) is 570 cm³/mol. The predicted octanol–water partition coefficient (Wildman–Crippen LogP) is 33.7. The van der Waals surface area contributed by atoms with Gasteiger partial charge in [-0.15, -0.1) is 44.1 Å². The summed E-state index contributed by atoms with van der Waals surface area (Å²) in [6.45, 7) is 84.0. The summed E-state index contributed by atoms with van der Waals surface area (Å²) in [5, 5.41) is 5.54. The average molecular weight is 1860 g/mol. The van der Waals surface area contributed by atoms with Crippen LogP contribution in [0.3, 0.4) is 0 Å². The van der Waals surface area contributed by atoms with Crippen molar-refractivity contribution in [2.75, 3.05) is 0 Å². The summed E-state index contributed by atoms with van der Waals surface area (Å²) in [5.74, 6) is 0. The average Bonchev–Trinajstić information content (AvgIpc) is 1.52. The first kappa shape index (κ1) is 96.6. The van der Waals surface area contributed by atoms with Crippen LogP contribution in [0.25, 0.3) is 190 Å². The second-order valence-electron chi connectivity index (χ2n) is 51.3. The van der Waals surface area contributed by atoms with Gasteiger partial charge in [0.05, 0.1) is 44.8 Å². The molecule has 10 heterocycles. The fourth-order valence-electron chi connectivity index (χ4n) is 19.4. The molecular weight excluding hydrogens is 1720 g/mol. The Labute approximate surface area is 817 Å². The van der Waals surface area contributed by atoms with Crippen LogP contribution in [0.15, 0.2) is 158 Å². The van der Waals surface area contributed by atoms with Crippen molar-refractivity contribution in [1.82, 2.24) is 39.9 Å². The van der Waals surface area contributed by atoms with Gasteiger partial charge >= 0.3 is 33.0 Å². The quantitative estimate of drug-likeness (QED) is 0.152. The van der Waals surface area contributed by atoms with E-state index in [1.807, 2.05) is 0 Å². The third kappa shape index (κ3) is 17.5. The van der Waals surface area contributed by atoms with Crippen LogP contribution in [0.4, 0.5) is 0 Å². The molecule has 0 fully saturated rings. The summed E-state index contributed by atoms with van der Waals surface area (Å²) in [6, 6.07) is 62.1. The van der Waals surface area contributed by atoms with Crippen LogP contribution in [-0.2, 0) is 98.0 Å². The van der Waals surface area contributed by atoms with Gasteiger partial charge in [-0.3, -0.25) is 0 Å². The molecular formula is C124H138N8Ni2. The van der Waals surface area contributed by atoms with Gasteiger partial charge in [0, 0.05) is 10.8 Å². The van der Waals surface area contributed by atoms with Gasteiger partial charge in [0.25, 0.3) is 0 Å². The number of rotatable bonds is 6. The fraction of sp³-hybridized carbons (Fsp3) is 0.387. The fourth-order valence-corrected chi connectivity index (χ4v) is 19.4. The molecule has 8 aromatic carbocycles. The molecule has 0 atom stereocenters. The smallest absolute Gasteiger partial charge is 0.657 e. The van der Waals surface area contributed by atoms with E-state index < -0.39 is 0 Å². The molecule has 0 unspecified atom stereocenters. The van der Waals surface area contributed by atoms with Crippen LogP contribution < -0.4 is 19.9 Å². The molecule has 0 amide bonds. The molecule has 8 nitrogen and oxygen atoms in total. The topological polar surface area (TPSA) is 108 Å².